The molecule has 0 bridgehead atoms. The van der Waals surface area contributed by atoms with E-state index in [-0.39, 0.29) is 24.0 Å². The lowest BCUT2D eigenvalue weighted by Gasteiger charge is -2.36. The summed E-state index contributed by atoms with van der Waals surface area (Å²) in [4.78, 5) is 11.8. The van der Waals surface area contributed by atoms with Crippen molar-refractivity contribution >= 4 is 29.9 Å². The Balaban J connectivity index is 0.00000256. The van der Waals surface area contributed by atoms with Crippen LogP contribution in [0.15, 0.2) is 35.6 Å². The van der Waals surface area contributed by atoms with Crippen LogP contribution in [0.1, 0.15) is 51.0 Å². The number of likely N-dealkylation sites (tertiary alicyclic amines) is 1. The molecule has 1 aliphatic carbocycles. The largest absolute Gasteiger partial charge is 0.357 e. The highest BCUT2D eigenvalue weighted by Gasteiger charge is 2.27. The fraction of sp³-hybridized carbons (Fsp3) is 0.591. The molecule has 1 aliphatic heterocycles. The Kier molecular flexibility index (Phi) is 8.92. The highest BCUT2D eigenvalue weighted by atomic mass is 127. The number of rotatable bonds is 6. The van der Waals surface area contributed by atoms with E-state index in [1.807, 2.05) is 12.1 Å². The van der Waals surface area contributed by atoms with Crippen molar-refractivity contribution in [2.75, 3.05) is 19.6 Å². The molecule has 0 atom stereocenters. The number of piperidine rings is 1. The Bertz CT molecular complexity index is 779. The lowest BCUT2D eigenvalue weighted by Crippen LogP contribution is -2.50. The second kappa shape index (κ2) is 11.6. The van der Waals surface area contributed by atoms with Crippen LogP contribution in [-0.4, -0.2) is 57.8 Å². The number of guanidine groups is 1. The van der Waals surface area contributed by atoms with Gasteiger partial charge in [0.2, 0.25) is 0 Å². The Morgan fingerprint density at radius 3 is 2.70 bits per heavy atom. The molecule has 3 N–H and O–H groups in total. The number of nitrogens with one attached hydrogen (secondary N) is 3. The minimum Gasteiger partial charge on any atom is -0.357 e. The van der Waals surface area contributed by atoms with Gasteiger partial charge < -0.3 is 15.5 Å². The van der Waals surface area contributed by atoms with Gasteiger partial charge in [0.05, 0.1) is 6.54 Å². The zero-order valence-electron chi connectivity index (χ0n) is 17.8. The molecule has 1 saturated heterocycles. The maximum atomic E-state index is 4.83. The number of hydrogen-bond donors (Lipinski definition) is 3. The van der Waals surface area contributed by atoms with Gasteiger partial charge >= 0.3 is 0 Å². The number of benzene rings is 1. The van der Waals surface area contributed by atoms with Crippen molar-refractivity contribution < 1.29 is 0 Å². The second-order valence-electron chi connectivity index (χ2n) is 8.12. The van der Waals surface area contributed by atoms with E-state index in [1.165, 1.54) is 57.9 Å². The molecule has 2 fully saturated rings. The van der Waals surface area contributed by atoms with Gasteiger partial charge in [-0.3, -0.25) is 5.10 Å². The van der Waals surface area contributed by atoms with Gasteiger partial charge in [-0.05, 0) is 44.2 Å². The third-order valence-corrected chi connectivity index (χ3v) is 6.09. The molecule has 2 heterocycles. The summed E-state index contributed by atoms with van der Waals surface area (Å²) in [5, 5.41) is 13.9. The average Bonchev–Trinajstić information content (AvgIpc) is 3.47. The third-order valence-electron chi connectivity index (χ3n) is 6.09. The smallest absolute Gasteiger partial charge is 0.191 e. The van der Waals surface area contributed by atoms with Gasteiger partial charge in [0.1, 0.15) is 6.33 Å². The predicted octanol–water partition coefficient (Wildman–Crippen LogP) is 3.55. The second-order valence-corrected chi connectivity index (χ2v) is 8.12. The molecule has 0 spiro atoms. The Morgan fingerprint density at radius 2 is 2.00 bits per heavy atom. The summed E-state index contributed by atoms with van der Waals surface area (Å²) in [5.74, 6) is 1.70. The molecule has 2 aromatic rings. The molecular weight excluding hydrogens is 489 g/mol. The molecule has 1 saturated carbocycles. The van der Waals surface area contributed by atoms with Gasteiger partial charge in [-0.25, -0.2) is 9.98 Å². The first-order valence-electron chi connectivity index (χ1n) is 11.1. The van der Waals surface area contributed by atoms with E-state index >= 15 is 0 Å². The highest BCUT2D eigenvalue weighted by molar-refractivity contribution is 14.0. The summed E-state index contributed by atoms with van der Waals surface area (Å²) < 4.78 is 0. The van der Waals surface area contributed by atoms with Crippen molar-refractivity contribution in [2.45, 2.75) is 64.1 Å². The van der Waals surface area contributed by atoms with Gasteiger partial charge in [0, 0.05) is 37.3 Å². The van der Waals surface area contributed by atoms with Crippen molar-refractivity contribution in [1.82, 2.24) is 30.7 Å². The minimum atomic E-state index is 0. The van der Waals surface area contributed by atoms with E-state index in [2.05, 4.69) is 49.8 Å². The highest BCUT2D eigenvalue weighted by Crippen LogP contribution is 2.26. The van der Waals surface area contributed by atoms with Crippen LogP contribution >= 0.6 is 24.0 Å². The molecule has 1 aromatic heterocycles. The average molecular weight is 523 g/mol. The monoisotopic (exact) mass is 523 g/mol. The normalized spacial score (nSPS) is 18.9. The summed E-state index contributed by atoms with van der Waals surface area (Å²) >= 11 is 0. The molecule has 0 amide bonds. The molecule has 0 radical (unpaired) electrons. The van der Waals surface area contributed by atoms with Crippen LogP contribution < -0.4 is 10.6 Å². The summed E-state index contributed by atoms with van der Waals surface area (Å²) in [6, 6.07) is 9.65. The Labute approximate surface area is 196 Å². The minimum absolute atomic E-state index is 0. The molecule has 30 heavy (non-hydrogen) atoms. The van der Waals surface area contributed by atoms with Gasteiger partial charge in [-0.15, -0.1) is 24.0 Å². The molecule has 8 heteroatoms. The maximum Gasteiger partial charge on any atom is 0.191 e. The third kappa shape index (κ3) is 6.16. The van der Waals surface area contributed by atoms with E-state index in [0.29, 0.717) is 12.6 Å². The van der Waals surface area contributed by atoms with Gasteiger partial charge in [-0.2, -0.15) is 5.10 Å². The number of H-pyrrole nitrogens is 1. The van der Waals surface area contributed by atoms with Crippen molar-refractivity contribution in [3.8, 4) is 11.4 Å². The summed E-state index contributed by atoms with van der Waals surface area (Å²) in [6.45, 7) is 6.04. The summed E-state index contributed by atoms with van der Waals surface area (Å²) in [7, 11) is 0. The van der Waals surface area contributed by atoms with E-state index in [0.717, 1.165) is 35.5 Å². The molecule has 7 nitrogen and oxygen atoms in total. The number of aliphatic imine (C=N–C) groups is 1. The Hall–Kier alpha value is -1.68. The Morgan fingerprint density at radius 1 is 1.20 bits per heavy atom. The van der Waals surface area contributed by atoms with Crippen LogP contribution in [0.2, 0.25) is 0 Å². The van der Waals surface area contributed by atoms with E-state index < -0.39 is 0 Å². The molecule has 1 aromatic carbocycles. The maximum absolute atomic E-state index is 4.83. The van der Waals surface area contributed by atoms with Crippen LogP contribution in [0.3, 0.4) is 0 Å². The molecule has 0 unspecified atom stereocenters. The number of halogens is 1. The first-order chi connectivity index (χ1) is 14.3. The van der Waals surface area contributed by atoms with Crippen LogP contribution in [0.4, 0.5) is 0 Å². The van der Waals surface area contributed by atoms with Crippen LogP contribution in [0.5, 0.6) is 0 Å². The van der Waals surface area contributed by atoms with Crippen molar-refractivity contribution in [2.24, 2.45) is 4.99 Å². The fourth-order valence-corrected chi connectivity index (χ4v) is 4.52. The van der Waals surface area contributed by atoms with Gasteiger partial charge in [-0.1, -0.05) is 31.0 Å². The van der Waals surface area contributed by atoms with Crippen molar-refractivity contribution in [3.63, 3.8) is 0 Å². The summed E-state index contributed by atoms with van der Waals surface area (Å²) in [5.41, 5.74) is 2.19. The number of hydrogen-bond acceptors (Lipinski definition) is 4. The lowest BCUT2D eigenvalue weighted by molar-refractivity contribution is 0.150. The van der Waals surface area contributed by atoms with Crippen molar-refractivity contribution in [3.05, 3.63) is 36.2 Å². The molecular formula is C22H34IN7. The fourth-order valence-electron chi connectivity index (χ4n) is 4.52. The van der Waals surface area contributed by atoms with Gasteiger partial charge in [0.25, 0.3) is 0 Å². The molecule has 4 rings (SSSR count). The SMILES string of the molecule is CCNC(=NCc1cccc(-c2ncn[nH]2)c1)NC1CCN(C2CCCC2)CC1.I. The standard InChI is InChI=1S/C22H33N7.HI/c1-2-23-22(27-19-10-12-29(13-11-19)20-8-3-4-9-20)24-15-17-6-5-7-18(14-17)21-25-16-26-28-21;/h5-7,14,16,19-20H,2-4,8-13,15H2,1H3,(H2,23,24,27)(H,25,26,28);1H. The molecule has 2 aliphatic rings. The van der Waals surface area contributed by atoms with E-state index in [4.69, 9.17) is 4.99 Å². The van der Waals surface area contributed by atoms with Gasteiger partial charge in [0.15, 0.2) is 11.8 Å². The lowest BCUT2D eigenvalue weighted by atomic mass is 10.0. The zero-order chi connectivity index (χ0) is 19.9. The number of nitrogens with zero attached hydrogens (tertiary/aromatic N) is 4. The predicted molar refractivity (Wildman–Crippen MR) is 132 cm³/mol. The van der Waals surface area contributed by atoms with Crippen LogP contribution in [0, 0.1) is 0 Å². The molecule has 164 valence electrons. The van der Waals surface area contributed by atoms with E-state index in [9.17, 15) is 0 Å². The number of aromatic amines is 1. The quantitative estimate of drug-likeness (QED) is 0.307. The zero-order valence-corrected chi connectivity index (χ0v) is 20.1. The summed E-state index contributed by atoms with van der Waals surface area (Å²) in [6.07, 6.45) is 9.55. The first kappa shape index (κ1) is 23.0. The topological polar surface area (TPSA) is 81.2 Å². The van der Waals surface area contributed by atoms with Crippen molar-refractivity contribution in [1.29, 1.82) is 0 Å². The van der Waals surface area contributed by atoms with E-state index in [1.54, 1.807) is 0 Å². The number of aromatic nitrogens is 3. The van der Waals surface area contributed by atoms with Crippen LogP contribution in [0.25, 0.3) is 11.4 Å². The van der Waals surface area contributed by atoms with Crippen LogP contribution in [-0.2, 0) is 6.54 Å². The first-order valence-corrected chi connectivity index (χ1v) is 11.1.